The molecule has 1 atom stereocenters. The zero-order valence-corrected chi connectivity index (χ0v) is 12.6. The van der Waals surface area contributed by atoms with Crippen LogP contribution in [0.1, 0.15) is 22.8 Å². The van der Waals surface area contributed by atoms with Crippen molar-refractivity contribution in [3.8, 4) is 0 Å². The van der Waals surface area contributed by atoms with Crippen molar-refractivity contribution in [2.75, 3.05) is 13.6 Å². The second-order valence-corrected chi connectivity index (χ2v) is 4.82. The number of likely N-dealkylation sites (N-methyl/N-ethyl adjacent to an activating group) is 1. The number of hydrogen-bond donors (Lipinski definition) is 1. The molecule has 5 heteroatoms. The molecule has 0 saturated carbocycles. The van der Waals surface area contributed by atoms with Gasteiger partial charge in [-0.25, -0.2) is 0 Å². The maximum Gasteiger partial charge on any atom is 0.253 e. The average Bonchev–Trinajstić information content (AvgIpc) is 2.29. The van der Waals surface area contributed by atoms with Crippen LogP contribution in [-0.4, -0.2) is 30.4 Å². The van der Waals surface area contributed by atoms with Crippen LogP contribution in [0.3, 0.4) is 0 Å². The summed E-state index contributed by atoms with van der Waals surface area (Å²) >= 11 is 3.42. The third-order valence-corrected chi connectivity index (χ3v) is 3.60. The molecule has 0 spiro atoms. The summed E-state index contributed by atoms with van der Waals surface area (Å²) in [4.78, 5) is 13.7. The van der Waals surface area contributed by atoms with Gasteiger partial charge in [0.2, 0.25) is 0 Å². The van der Waals surface area contributed by atoms with Gasteiger partial charge >= 0.3 is 0 Å². The van der Waals surface area contributed by atoms with Gasteiger partial charge in [0.25, 0.3) is 5.91 Å². The van der Waals surface area contributed by atoms with Gasteiger partial charge in [0.05, 0.1) is 0 Å². The largest absolute Gasteiger partial charge is 0.338 e. The van der Waals surface area contributed by atoms with Crippen molar-refractivity contribution in [1.29, 1.82) is 0 Å². The number of rotatable bonds is 3. The predicted octanol–water partition coefficient (Wildman–Crippen LogP) is 2.60. The molecule has 0 bridgehead atoms. The van der Waals surface area contributed by atoms with Crippen molar-refractivity contribution in [3.05, 3.63) is 33.8 Å². The number of nitrogens with zero attached hydrogens (tertiary/aromatic N) is 1. The van der Waals surface area contributed by atoms with Gasteiger partial charge in [-0.3, -0.25) is 4.79 Å². The average molecular weight is 322 g/mol. The van der Waals surface area contributed by atoms with Crippen LogP contribution >= 0.6 is 28.3 Å². The summed E-state index contributed by atoms with van der Waals surface area (Å²) in [5.74, 6) is -0.00125. The minimum atomic E-state index is -0.00125. The molecule has 1 aromatic carbocycles. The van der Waals surface area contributed by atoms with Gasteiger partial charge in [0, 0.05) is 29.7 Å². The topological polar surface area (TPSA) is 46.3 Å². The molecule has 1 aromatic rings. The van der Waals surface area contributed by atoms with Crippen LogP contribution in [0, 0.1) is 6.92 Å². The molecule has 0 aliphatic carbocycles. The maximum absolute atomic E-state index is 12.1. The quantitative estimate of drug-likeness (QED) is 0.930. The van der Waals surface area contributed by atoms with Crippen molar-refractivity contribution in [2.24, 2.45) is 5.73 Å². The fourth-order valence-electron chi connectivity index (χ4n) is 1.29. The summed E-state index contributed by atoms with van der Waals surface area (Å²) in [5, 5.41) is 0. The summed E-state index contributed by atoms with van der Waals surface area (Å²) in [5.41, 5.74) is 7.34. The second-order valence-electron chi connectivity index (χ2n) is 3.96. The highest BCUT2D eigenvalue weighted by Crippen LogP contribution is 2.18. The highest BCUT2D eigenvalue weighted by molar-refractivity contribution is 9.10. The number of amides is 1. The summed E-state index contributed by atoms with van der Waals surface area (Å²) in [6.07, 6.45) is 0. The third-order valence-electron chi connectivity index (χ3n) is 2.74. The Kier molecular flexibility index (Phi) is 6.75. The molecule has 2 N–H and O–H groups in total. The minimum absolute atomic E-state index is 0. The number of carbonyl (C=O) groups excluding carboxylic acids is 1. The summed E-state index contributed by atoms with van der Waals surface area (Å²) in [7, 11) is 1.77. The lowest BCUT2D eigenvalue weighted by molar-refractivity contribution is 0.0748. The Labute approximate surface area is 117 Å². The molecule has 3 nitrogen and oxygen atoms in total. The fraction of sp³-hybridized carbons (Fsp3) is 0.417. The molecule has 0 fully saturated rings. The van der Waals surface area contributed by atoms with Gasteiger partial charge in [-0.05, 0) is 31.5 Å². The Morgan fingerprint density at radius 1 is 1.53 bits per heavy atom. The van der Waals surface area contributed by atoms with Crippen LogP contribution in [-0.2, 0) is 0 Å². The smallest absolute Gasteiger partial charge is 0.253 e. The third kappa shape index (κ3) is 3.98. The van der Waals surface area contributed by atoms with Gasteiger partial charge in [-0.15, -0.1) is 12.4 Å². The zero-order chi connectivity index (χ0) is 12.3. The van der Waals surface area contributed by atoms with E-state index in [4.69, 9.17) is 5.73 Å². The molecule has 0 radical (unpaired) electrons. The van der Waals surface area contributed by atoms with Crippen LogP contribution in [0.2, 0.25) is 0 Å². The molecule has 1 rings (SSSR count). The Morgan fingerprint density at radius 3 is 2.59 bits per heavy atom. The van der Waals surface area contributed by atoms with E-state index >= 15 is 0 Å². The minimum Gasteiger partial charge on any atom is -0.338 e. The SMILES string of the molecule is Cc1ccc(C(=O)N(C)C(C)CN)cc1Br.Cl. The predicted molar refractivity (Wildman–Crippen MR) is 76.7 cm³/mol. The van der Waals surface area contributed by atoms with Gasteiger partial charge in [-0.1, -0.05) is 22.0 Å². The van der Waals surface area contributed by atoms with E-state index in [0.29, 0.717) is 12.1 Å². The number of carbonyl (C=O) groups is 1. The first-order chi connectivity index (χ1) is 7.47. The lowest BCUT2D eigenvalue weighted by Crippen LogP contribution is -2.39. The van der Waals surface area contributed by atoms with Crippen LogP contribution in [0.4, 0.5) is 0 Å². The van der Waals surface area contributed by atoms with Crippen molar-refractivity contribution >= 4 is 34.2 Å². The molecule has 96 valence electrons. The molecular weight excluding hydrogens is 304 g/mol. The van der Waals surface area contributed by atoms with Crippen LogP contribution < -0.4 is 5.73 Å². The van der Waals surface area contributed by atoms with E-state index < -0.39 is 0 Å². The van der Waals surface area contributed by atoms with E-state index in [2.05, 4.69) is 15.9 Å². The lowest BCUT2D eigenvalue weighted by Gasteiger charge is -2.23. The summed E-state index contributed by atoms with van der Waals surface area (Å²) < 4.78 is 0.951. The first-order valence-corrected chi connectivity index (χ1v) is 6.00. The highest BCUT2D eigenvalue weighted by Gasteiger charge is 2.16. The van der Waals surface area contributed by atoms with Gasteiger partial charge in [0.1, 0.15) is 0 Å². The number of benzene rings is 1. The van der Waals surface area contributed by atoms with Crippen molar-refractivity contribution in [2.45, 2.75) is 19.9 Å². The number of nitrogens with two attached hydrogens (primary N) is 1. The normalized spacial score (nSPS) is 11.6. The highest BCUT2D eigenvalue weighted by atomic mass is 79.9. The van der Waals surface area contributed by atoms with E-state index in [1.165, 1.54) is 0 Å². The Hall–Kier alpha value is -0.580. The first kappa shape index (κ1) is 16.4. The van der Waals surface area contributed by atoms with Crippen molar-refractivity contribution < 1.29 is 4.79 Å². The fourth-order valence-corrected chi connectivity index (χ4v) is 1.67. The molecular formula is C12H18BrClN2O. The van der Waals surface area contributed by atoms with Crippen molar-refractivity contribution in [1.82, 2.24) is 4.90 Å². The number of hydrogen-bond acceptors (Lipinski definition) is 2. The molecule has 0 heterocycles. The van der Waals surface area contributed by atoms with Crippen LogP contribution in [0.5, 0.6) is 0 Å². The molecule has 0 saturated heterocycles. The molecule has 0 aromatic heterocycles. The standard InChI is InChI=1S/C12H17BrN2O.ClH/c1-8-4-5-10(6-11(8)13)12(16)15(3)9(2)7-14;/h4-6,9H,7,14H2,1-3H3;1H. The molecule has 17 heavy (non-hydrogen) atoms. The Morgan fingerprint density at radius 2 is 2.12 bits per heavy atom. The van der Waals surface area contributed by atoms with E-state index in [-0.39, 0.29) is 24.4 Å². The monoisotopic (exact) mass is 320 g/mol. The van der Waals surface area contributed by atoms with Gasteiger partial charge in [0.15, 0.2) is 0 Å². The summed E-state index contributed by atoms with van der Waals surface area (Å²) in [6.45, 7) is 4.39. The van der Waals surface area contributed by atoms with E-state index in [0.717, 1.165) is 10.0 Å². The van der Waals surface area contributed by atoms with E-state index in [9.17, 15) is 4.79 Å². The van der Waals surface area contributed by atoms with Gasteiger partial charge in [-0.2, -0.15) is 0 Å². The van der Waals surface area contributed by atoms with Crippen LogP contribution in [0.15, 0.2) is 22.7 Å². The van der Waals surface area contributed by atoms with Crippen molar-refractivity contribution in [3.63, 3.8) is 0 Å². The molecule has 0 aliphatic heterocycles. The number of aryl methyl sites for hydroxylation is 1. The lowest BCUT2D eigenvalue weighted by atomic mass is 10.1. The van der Waals surface area contributed by atoms with E-state index in [1.807, 2.05) is 32.0 Å². The van der Waals surface area contributed by atoms with Crippen LogP contribution in [0.25, 0.3) is 0 Å². The van der Waals surface area contributed by atoms with E-state index in [1.54, 1.807) is 11.9 Å². The molecule has 1 amide bonds. The molecule has 1 unspecified atom stereocenters. The Bertz CT molecular complexity index is 398. The Balaban J connectivity index is 0.00000256. The summed E-state index contributed by atoms with van der Waals surface area (Å²) in [6, 6.07) is 5.66. The van der Waals surface area contributed by atoms with Gasteiger partial charge < -0.3 is 10.6 Å². The number of halogens is 2. The molecule has 0 aliphatic rings. The maximum atomic E-state index is 12.1. The second kappa shape index (κ2) is 6.99. The zero-order valence-electron chi connectivity index (χ0n) is 10.2. The first-order valence-electron chi connectivity index (χ1n) is 5.20.